The van der Waals surface area contributed by atoms with Gasteiger partial charge in [0.2, 0.25) is 5.88 Å². The molecule has 9 heteroatoms. The molecule has 0 aliphatic heterocycles. The van der Waals surface area contributed by atoms with E-state index in [9.17, 15) is 5.11 Å². The number of benzene rings is 2. The van der Waals surface area contributed by atoms with Crippen molar-refractivity contribution in [2.24, 2.45) is 5.92 Å². The second-order valence-electron chi connectivity index (χ2n) is 11.5. The highest BCUT2D eigenvalue weighted by molar-refractivity contribution is 6.39. The van der Waals surface area contributed by atoms with E-state index < -0.39 is 5.60 Å². The standard InChI is InChI=1S/C34H36Cl2N4O3/c1-42-29-16-22(8-9-23(29)18-38-20-34(41)13-14-34)32-31(36)26(12-15-39-32)25-4-3-5-27(30(25)35)28-11-10-24(33(40-28)43-2)19-37-17-21-6-7-21/h3-5,8-12,15-16,21,37-38,41H,6-7,13-14,17-20H2,1-2H3. The molecule has 6 rings (SSSR count). The number of nitrogens with one attached hydrogen (secondary N) is 2. The highest BCUT2D eigenvalue weighted by atomic mass is 35.5. The zero-order chi connectivity index (χ0) is 30.0. The minimum atomic E-state index is -0.554. The first-order valence-corrected chi connectivity index (χ1v) is 15.4. The highest BCUT2D eigenvalue weighted by Crippen LogP contribution is 2.42. The third-order valence-corrected chi connectivity index (χ3v) is 8.98. The summed E-state index contributed by atoms with van der Waals surface area (Å²) in [5, 5.41) is 18.0. The van der Waals surface area contributed by atoms with Crippen molar-refractivity contribution in [3.05, 3.63) is 82.0 Å². The summed E-state index contributed by atoms with van der Waals surface area (Å²) >= 11 is 14.1. The van der Waals surface area contributed by atoms with E-state index in [-0.39, 0.29) is 0 Å². The van der Waals surface area contributed by atoms with Gasteiger partial charge >= 0.3 is 0 Å². The number of hydrogen-bond acceptors (Lipinski definition) is 7. The van der Waals surface area contributed by atoms with Crippen molar-refractivity contribution in [3.63, 3.8) is 0 Å². The van der Waals surface area contributed by atoms with Crippen LogP contribution in [0, 0.1) is 5.92 Å². The van der Waals surface area contributed by atoms with Crippen molar-refractivity contribution >= 4 is 23.2 Å². The molecule has 2 heterocycles. The van der Waals surface area contributed by atoms with Gasteiger partial charge in [0.15, 0.2) is 0 Å². The Hall–Kier alpha value is -3.20. The Morgan fingerprint density at radius 2 is 1.63 bits per heavy atom. The summed E-state index contributed by atoms with van der Waals surface area (Å²) in [6.45, 7) is 2.89. The largest absolute Gasteiger partial charge is 0.496 e. The van der Waals surface area contributed by atoms with Crippen LogP contribution in [0.2, 0.25) is 10.0 Å². The Morgan fingerprint density at radius 1 is 0.884 bits per heavy atom. The summed E-state index contributed by atoms with van der Waals surface area (Å²) in [6, 6.07) is 17.7. The molecule has 0 atom stereocenters. The third-order valence-electron chi connectivity index (χ3n) is 8.19. The molecule has 0 spiro atoms. The van der Waals surface area contributed by atoms with Gasteiger partial charge in [-0.2, -0.15) is 0 Å². The van der Waals surface area contributed by atoms with Crippen LogP contribution in [-0.2, 0) is 13.1 Å². The molecule has 2 aliphatic rings. The van der Waals surface area contributed by atoms with Gasteiger partial charge < -0.3 is 25.2 Å². The van der Waals surface area contributed by atoms with Gasteiger partial charge in [0.25, 0.3) is 0 Å². The van der Waals surface area contributed by atoms with Crippen molar-refractivity contribution in [1.82, 2.24) is 20.6 Å². The van der Waals surface area contributed by atoms with Crippen LogP contribution in [0.4, 0.5) is 0 Å². The first-order chi connectivity index (χ1) is 20.9. The molecule has 2 aromatic carbocycles. The first-order valence-electron chi connectivity index (χ1n) is 14.7. The topological polar surface area (TPSA) is 88.5 Å². The van der Waals surface area contributed by atoms with Gasteiger partial charge in [-0.15, -0.1) is 0 Å². The van der Waals surface area contributed by atoms with Crippen LogP contribution in [0.3, 0.4) is 0 Å². The number of aromatic nitrogens is 2. The minimum Gasteiger partial charge on any atom is -0.496 e. The normalized spacial score (nSPS) is 15.4. The number of nitrogens with zero attached hydrogens (tertiary/aromatic N) is 2. The third kappa shape index (κ3) is 6.82. The van der Waals surface area contributed by atoms with E-state index >= 15 is 0 Å². The summed E-state index contributed by atoms with van der Waals surface area (Å²) < 4.78 is 11.3. The molecule has 43 heavy (non-hydrogen) atoms. The zero-order valence-electron chi connectivity index (χ0n) is 24.4. The van der Waals surface area contributed by atoms with Crippen LogP contribution in [-0.4, -0.2) is 48.0 Å². The molecular formula is C34H36Cl2N4O3. The summed E-state index contributed by atoms with van der Waals surface area (Å²) in [5.41, 5.74) is 5.99. The minimum absolute atomic E-state index is 0.494. The fraction of sp³-hybridized carbons (Fsp3) is 0.353. The van der Waals surface area contributed by atoms with Crippen LogP contribution in [0.15, 0.2) is 60.8 Å². The van der Waals surface area contributed by atoms with E-state index in [0.29, 0.717) is 41.3 Å². The SMILES string of the molecule is COc1cc(-c2nccc(-c3cccc(-c4ccc(CNCC5CC5)c(OC)n4)c3Cl)c2Cl)ccc1CNCC1(O)CC1. The van der Waals surface area contributed by atoms with Gasteiger partial charge in [0.05, 0.1) is 41.3 Å². The quantitative estimate of drug-likeness (QED) is 0.150. The summed E-state index contributed by atoms with van der Waals surface area (Å²) in [4.78, 5) is 9.41. The lowest BCUT2D eigenvalue weighted by Gasteiger charge is -2.16. The number of methoxy groups -OCH3 is 2. The maximum absolute atomic E-state index is 10.1. The Kier molecular flexibility index (Phi) is 8.89. The smallest absolute Gasteiger partial charge is 0.218 e. The van der Waals surface area contributed by atoms with E-state index in [4.69, 9.17) is 37.7 Å². The predicted molar refractivity (Wildman–Crippen MR) is 172 cm³/mol. The fourth-order valence-electron chi connectivity index (χ4n) is 5.24. The van der Waals surface area contributed by atoms with Crippen LogP contribution in [0.1, 0.15) is 36.8 Å². The van der Waals surface area contributed by atoms with E-state index in [1.54, 1.807) is 20.4 Å². The monoisotopic (exact) mass is 618 g/mol. The molecule has 0 bridgehead atoms. The van der Waals surface area contributed by atoms with E-state index in [1.807, 2.05) is 54.6 Å². The van der Waals surface area contributed by atoms with Gasteiger partial charge in [0.1, 0.15) is 5.75 Å². The fourth-order valence-corrected chi connectivity index (χ4v) is 5.89. The number of halogens is 2. The van der Waals surface area contributed by atoms with Gasteiger partial charge in [-0.3, -0.25) is 4.98 Å². The van der Waals surface area contributed by atoms with Crippen molar-refractivity contribution in [2.45, 2.75) is 44.4 Å². The molecule has 2 saturated carbocycles. The van der Waals surface area contributed by atoms with E-state index in [2.05, 4.69) is 15.6 Å². The molecule has 2 aliphatic carbocycles. The molecule has 0 saturated heterocycles. The summed E-state index contributed by atoms with van der Waals surface area (Å²) in [7, 11) is 3.29. The second-order valence-corrected chi connectivity index (χ2v) is 12.2. The molecule has 2 aromatic heterocycles. The highest BCUT2D eigenvalue weighted by Gasteiger charge is 2.39. The number of rotatable bonds is 13. The number of ether oxygens (including phenoxy) is 2. The molecule has 7 nitrogen and oxygen atoms in total. The van der Waals surface area contributed by atoms with Crippen molar-refractivity contribution in [2.75, 3.05) is 27.3 Å². The Balaban J connectivity index is 1.26. The lowest BCUT2D eigenvalue weighted by atomic mass is 9.99. The van der Waals surface area contributed by atoms with Gasteiger partial charge in [-0.1, -0.05) is 59.6 Å². The lowest BCUT2D eigenvalue weighted by Crippen LogP contribution is -2.27. The number of pyridine rings is 2. The zero-order valence-corrected chi connectivity index (χ0v) is 25.9. The van der Waals surface area contributed by atoms with Crippen molar-refractivity contribution in [1.29, 1.82) is 0 Å². The number of hydrogen-bond donors (Lipinski definition) is 3. The predicted octanol–water partition coefficient (Wildman–Crippen LogP) is 6.92. The van der Waals surface area contributed by atoms with Crippen LogP contribution < -0.4 is 20.1 Å². The van der Waals surface area contributed by atoms with E-state index in [0.717, 1.165) is 70.1 Å². The van der Waals surface area contributed by atoms with Gasteiger partial charge in [0, 0.05) is 59.2 Å². The van der Waals surface area contributed by atoms with Crippen molar-refractivity contribution in [3.8, 4) is 45.3 Å². The molecule has 0 amide bonds. The number of aliphatic hydroxyl groups is 1. The summed E-state index contributed by atoms with van der Waals surface area (Å²) in [5.74, 6) is 2.11. The van der Waals surface area contributed by atoms with Crippen LogP contribution in [0.25, 0.3) is 33.6 Å². The lowest BCUT2D eigenvalue weighted by molar-refractivity contribution is 0.147. The molecule has 4 aromatic rings. The second kappa shape index (κ2) is 12.8. The first kappa shape index (κ1) is 29.9. The van der Waals surface area contributed by atoms with Crippen molar-refractivity contribution < 1.29 is 14.6 Å². The molecular weight excluding hydrogens is 583 g/mol. The maximum atomic E-state index is 10.1. The van der Waals surface area contributed by atoms with Gasteiger partial charge in [-0.05, 0) is 56.3 Å². The Labute approximate surface area is 262 Å². The maximum Gasteiger partial charge on any atom is 0.218 e. The average molecular weight is 620 g/mol. The molecule has 3 N–H and O–H groups in total. The van der Waals surface area contributed by atoms with Crippen LogP contribution >= 0.6 is 23.2 Å². The molecule has 0 radical (unpaired) electrons. The Morgan fingerprint density at radius 3 is 2.37 bits per heavy atom. The molecule has 224 valence electrons. The van der Waals surface area contributed by atoms with E-state index in [1.165, 1.54) is 12.8 Å². The molecule has 2 fully saturated rings. The van der Waals surface area contributed by atoms with Gasteiger partial charge in [-0.25, -0.2) is 4.98 Å². The average Bonchev–Trinajstić information content (AvgIpc) is 3.97. The van der Waals surface area contributed by atoms with Crippen LogP contribution in [0.5, 0.6) is 11.6 Å². The summed E-state index contributed by atoms with van der Waals surface area (Å²) in [6.07, 6.45) is 6.05. The molecule has 0 unspecified atom stereocenters. The Bertz CT molecular complexity index is 1620.